The van der Waals surface area contributed by atoms with Gasteiger partial charge in [-0.25, -0.2) is 18.1 Å². The lowest BCUT2D eigenvalue weighted by Crippen LogP contribution is -2.01. The predicted octanol–water partition coefficient (Wildman–Crippen LogP) is 13.2. The lowest BCUT2D eigenvalue weighted by molar-refractivity contribution is -0.385. The number of rotatable bonds is 7. The second-order valence-electron chi connectivity index (χ2n) is 17.2. The molecule has 11 rings (SSSR count). The van der Waals surface area contributed by atoms with Crippen LogP contribution in [0.2, 0.25) is 30.1 Å². The number of hydrogen-bond donors (Lipinski definition) is 3. The average Bonchev–Trinajstić information content (AvgIpc) is 3.34. The Labute approximate surface area is 516 Å². The molecule has 0 aliphatic carbocycles. The molecule has 0 aliphatic heterocycles. The van der Waals surface area contributed by atoms with Gasteiger partial charge in [0.1, 0.15) is 23.0 Å². The van der Waals surface area contributed by atoms with E-state index in [1.165, 1.54) is 58.0 Å². The number of aryl methyl sites for hydroxylation is 6. The van der Waals surface area contributed by atoms with Crippen molar-refractivity contribution in [2.45, 2.75) is 41.5 Å². The molecule has 0 fully saturated rings. The molecule has 0 saturated heterocycles. The first-order chi connectivity index (χ1) is 40.8. The highest BCUT2D eigenvalue weighted by Gasteiger charge is 2.18. The summed E-state index contributed by atoms with van der Waals surface area (Å²) in [6.45, 7) is 10.4. The van der Waals surface area contributed by atoms with Crippen LogP contribution < -0.4 is 11.5 Å². The summed E-state index contributed by atoms with van der Waals surface area (Å²) >= 11 is 34.7. The number of hydrogen-bond acceptors (Lipinski definition) is 18. The third kappa shape index (κ3) is 19.2. The molecule has 0 aliphatic rings. The highest BCUT2D eigenvalue weighted by molar-refractivity contribution is 6.34. The van der Waals surface area contributed by atoms with Gasteiger partial charge in [-0.1, -0.05) is 86.1 Å². The van der Waals surface area contributed by atoms with E-state index in [0.717, 1.165) is 40.2 Å². The minimum Gasteiger partial charge on any atom is -0.398 e. The summed E-state index contributed by atoms with van der Waals surface area (Å²) in [6.07, 6.45) is 15.8. The van der Waals surface area contributed by atoms with Crippen LogP contribution in [0.4, 0.5) is 37.2 Å². The van der Waals surface area contributed by atoms with Gasteiger partial charge in [-0.15, -0.1) is 10.2 Å². The molecule has 0 amide bonds. The van der Waals surface area contributed by atoms with Crippen LogP contribution in [0.15, 0.2) is 141 Å². The van der Waals surface area contributed by atoms with Crippen LogP contribution in [0.1, 0.15) is 33.4 Å². The van der Waals surface area contributed by atoms with Gasteiger partial charge in [0.15, 0.2) is 0 Å². The normalized spacial score (nSPS) is 10.1. The molecular formula is C52H46Cl6F2N20O6. The number of anilines is 2. The van der Waals surface area contributed by atoms with Crippen molar-refractivity contribution < 1.29 is 23.6 Å². The van der Waals surface area contributed by atoms with Crippen LogP contribution in [-0.2, 0) is 0 Å². The Bertz CT molecular complexity index is 3830. The quantitative estimate of drug-likeness (QED) is 0.0758. The fourth-order valence-corrected chi connectivity index (χ4v) is 7.94. The molecule has 446 valence electrons. The summed E-state index contributed by atoms with van der Waals surface area (Å²) in [6, 6.07) is 19.7. The molecule has 0 atom stereocenters. The number of H-pyrrole nitrogens is 1. The lowest BCUT2D eigenvalue weighted by Gasteiger charge is -2.06. The molecule has 11 aromatic rings. The molecule has 0 spiro atoms. The fourth-order valence-electron chi connectivity index (χ4n) is 6.68. The Morgan fingerprint density at radius 3 is 1.15 bits per heavy atom. The van der Waals surface area contributed by atoms with Crippen LogP contribution in [0, 0.1) is 83.5 Å². The zero-order chi connectivity index (χ0) is 63.4. The SMILES string of the molecule is Cc1cc(-n2ccnn2)c(Cl)cc1N.Cc1cc(-n2ccnn2)c(Cl)cc1[N+](=O)[O-].Cc1cc(-n2nccn2)c(Cl)cc1N.Cc1cc(-n2nccn2)c(Cl)cc1[N+](=O)[O-].Cc1cc(F)c(Cl)cc1[N+](=O)[O-].Cc1ccc(Cl)c(F)c1.c1cn[nH]n1. The Morgan fingerprint density at radius 2 is 0.779 bits per heavy atom. The number of halogens is 8. The zero-order valence-electron chi connectivity index (χ0n) is 45.5. The Morgan fingerprint density at radius 1 is 0.430 bits per heavy atom. The van der Waals surface area contributed by atoms with Gasteiger partial charge in [-0.2, -0.15) is 45.4 Å². The van der Waals surface area contributed by atoms with Gasteiger partial charge in [0, 0.05) is 46.3 Å². The summed E-state index contributed by atoms with van der Waals surface area (Å²) in [5.41, 5.74) is 19.3. The monoisotopic (exact) mass is 1290 g/mol. The van der Waals surface area contributed by atoms with Crippen LogP contribution in [-0.4, -0.2) is 90.2 Å². The number of nitrogens with zero attached hydrogens (tertiary/aromatic N) is 17. The maximum atomic E-state index is 12.7. The summed E-state index contributed by atoms with van der Waals surface area (Å²) < 4.78 is 28.2. The summed E-state index contributed by atoms with van der Waals surface area (Å²) in [7, 11) is 0. The first kappa shape index (κ1) is 67.2. The number of aromatic nitrogens is 15. The highest BCUT2D eigenvalue weighted by Crippen LogP contribution is 2.31. The topological polar surface area (TPSA) is 346 Å². The van der Waals surface area contributed by atoms with Crippen molar-refractivity contribution >= 4 is 98.0 Å². The van der Waals surface area contributed by atoms with E-state index in [0.29, 0.717) is 43.9 Å². The van der Waals surface area contributed by atoms with Crippen LogP contribution in [0.25, 0.3) is 22.7 Å². The average molecular weight is 1300 g/mol. The van der Waals surface area contributed by atoms with Crippen molar-refractivity contribution in [3.63, 3.8) is 0 Å². The second-order valence-corrected chi connectivity index (χ2v) is 19.7. The largest absolute Gasteiger partial charge is 0.398 e. The standard InChI is InChI=1S/2C9H7ClN4O2.2C9H9ClN4.C7H5ClFNO2.C7H6ClF.C2H3N3/c1-6-4-9(13-3-2-11-12-13)7(10)5-8(6)14(15)16;1-6-4-9(13-11-2-3-12-13)7(10)5-8(6)14(15)16;1-6-4-9(7(10)5-8(6)11)14-3-2-12-13-14;1-6-4-9(7(10)5-8(6)11)14-12-2-3-13-14;1-4-2-6(9)5(8)3-7(4)10(11)12;1-5-2-3-6(8)7(9)4-5;1-2-4-5-3-1/h2*2-5H,1H3;2*2-5H,11H2,1H3;2-3H,1H3;2-4H,1H3;1-2H,(H,3,4,5). The van der Waals surface area contributed by atoms with Gasteiger partial charge < -0.3 is 11.5 Å². The minimum atomic E-state index is -0.639. The molecule has 34 heteroatoms. The van der Waals surface area contributed by atoms with Crippen LogP contribution in [0.3, 0.4) is 0 Å². The summed E-state index contributed by atoms with van der Waals surface area (Å²) in [5, 5.41) is 73.4. The highest BCUT2D eigenvalue weighted by atomic mass is 35.5. The Kier molecular flexibility index (Phi) is 24.9. The van der Waals surface area contributed by atoms with E-state index in [4.69, 9.17) is 81.1 Å². The molecule has 0 unspecified atom stereocenters. The molecule has 5 aromatic heterocycles. The van der Waals surface area contributed by atoms with Crippen LogP contribution >= 0.6 is 69.6 Å². The van der Waals surface area contributed by atoms with Crippen molar-refractivity contribution in [1.29, 1.82) is 0 Å². The third-order valence-corrected chi connectivity index (χ3v) is 12.9. The molecular weight excluding hydrogens is 1250 g/mol. The van der Waals surface area contributed by atoms with Gasteiger partial charge in [0.2, 0.25) is 0 Å². The maximum absolute atomic E-state index is 12.7. The first-order valence-electron chi connectivity index (χ1n) is 24.1. The van der Waals surface area contributed by atoms with Gasteiger partial charge in [-0.05, 0) is 113 Å². The number of nitrogen functional groups attached to an aromatic ring is 2. The third-order valence-electron chi connectivity index (χ3n) is 11.0. The van der Waals surface area contributed by atoms with Crippen molar-refractivity contribution in [1.82, 2.24) is 75.4 Å². The van der Waals surface area contributed by atoms with E-state index in [-0.39, 0.29) is 48.5 Å². The van der Waals surface area contributed by atoms with E-state index in [1.807, 2.05) is 32.9 Å². The van der Waals surface area contributed by atoms with Crippen LogP contribution in [0.5, 0.6) is 0 Å². The van der Waals surface area contributed by atoms with E-state index >= 15 is 0 Å². The Balaban J connectivity index is 0.000000186. The Hall–Kier alpha value is -9.58. The number of aromatic amines is 1. The lowest BCUT2D eigenvalue weighted by atomic mass is 10.2. The summed E-state index contributed by atoms with van der Waals surface area (Å²) in [4.78, 5) is 32.9. The summed E-state index contributed by atoms with van der Waals surface area (Å²) in [5.74, 6) is -0.989. The van der Waals surface area contributed by atoms with E-state index in [2.05, 4.69) is 56.4 Å². The number of nitro benzene ring substituents is 3. The molecule has 86 heavy (non-hydrogen) atoms. The second kappa shape index (κ2) is 31.9. The smallest absolute Gasteiger partial charge is 0.273 e. The molecule has 0 radical (unpaired) electrons. The van der Waals surface area contributed by atoms with Crippen molar-refractivity contribution in [2.24, 2.45) is 0 Å². The van der Waals surface area contributed by atoms with Crippen molar-refractivity contribution in [3.05, 3.63) is 246 Å². The maximum Gasteiger partial charge on any atom is 0.273 e. The molecule has 5 N–H and O–H groups in total. The number of benzene rings is 6. The van der Waals surface area contributed by atoms with Gasteiger partial charge in [0.25, 0.3) is 17.1 Å². The van der Waals surface area contributed by atoms with Gasteiger partial charge in [0.05, 0.1) is 118 Å². The van der Waals surface area contributed by atoms with Gasteiger partial charge >= 0.3 is 0 Å². The van der Waals surface area contributed by atoms with E-state index < -0.39 is 20.6 Å². The van der Waals surface area contributed by atoms with Gasteiger partial charge in [-0.3, -0.25) is 30.3 Å². The zero-order valence-corrected chi connectivity index (χ0v) is 50.0. The van der Waals surface area contributed by atoms with E-state index in [9.17, 15) is 39.1 Å². The van der Waals surface area contributed by atoms with Crippen molar-refractivity contribution in [2.75, 3.05) is 11.5 Å². The molecule has 0 bridgehead atoms. The predicted molar refractivity (Wildman–Crippen MR) is 322 cm³/mol. The number of nitro groups is 3. The molecule has 0 saturated carbocycles. The number of nitrogens with two attached hydrogens (primary N) is 2. The number of nitrogens with one attached hydrogen (secondary N) is 1. The molecule has 5 heterocycles. The fraction of sp³-hybridized carbons (Fsp3) is 0.115. The minimum absolute atomic E-state index is 0.00568. The molecule has 6 aromatic carbocycles. The van der Waals surface area contributed by atoms with Crippen molar-refractivity contribution in [3.8, 4) is 22.7 Å². The first-order valence-corrected chi connectivity index (χ1v) is 26.3. The molecule has 26 nitrogen and oxygen atoms in total. The van der Waals surface area contributed by atoms with E-state index in [1.54, 1.807) is 98.3 Å².